The van der Waals surface area contributed by atoms with Gasteiger partial charge in [-0.15, -0.1) is 0 Å². The molecule has 1 heterocycles. The molecular weight excluding hydrogens is 214 g/mol. The molecule has 0 fully saturated rings. The van der Waals surface area contributed by atoms with Crippen LogP contribution in [0.3, 0.4) is 0 Å². The summed E-state index contributed by atoms with van der Waals surface area (Å²) in [6.45, 7) is 2.96. The maximum Gasteiger partial charge on any atom is 0.342 e. The normalized spacial score (nSPS) is 11.9. The van der Waals surface area contributed by atoms with Gasteiger partial charge in [0.05, 0.1) is 6.04 Å². The molecule has 0 spiro atoms. The van der Waals surface area contributed by atoms with E-state index >= 15 is 0 Å². The Morgan fingerprint density at radius 2 is 2.19 bits per heavy atom. The van der Waals surface area contributed by atoms with E-state index in [2.05, 4.69) is 15.3 Å². The topological polar surface area (TPSA) is 112 Å². The number of H-pyrrole nitrogens is 1. The zero-order valence-corrected chi connectivity index (χ0v) is 8.77. The van der Waals surface area contributed by atoms with Gasteiger partial charge >= 0.3 is 5.97 Å². The first-order valence-electron chi connectivity index (χ1n) is 4.51. The molecule has 0 saturated carbocycles. The highest BCUT2D eigenvalue weighted by atomic mass is 16.4. The first-order chi connectivity index (χ1) is 7.41. The number of amides is 1. The van der Waals surface area contributed by atoms with Crippen molar-refractivity contribution in [2.24, 2.45) is 0 Å². The molecule has 3 N–H and O–H groups in total. The minimum absolute atomic E-state index is 0.213. The van der Waals surface area contributed by atoms with Crippen LogP contribution in [0, 0.1) is 0 Å². The fourth-order valence-corrected chi connectivity index (χ4v) is 1.15. The largest absolute Gasteiger partial charge is 0.477 e. The Morgan fingerprint density at radius 3 is 2.62 bits per heavy atom. The Balaban J connectivity index is 3.01. The van der Waals surface area contributed by atoms with Crippen molar-refractivity contribution in [3.05, 3.63) is 27.9 Å². The van der Waals surface area contributed by atoms with E-state index in [0.717, 1.165) is 6.20 Å². The molecule has 86 valence electrons. The summed E-state index contributed by atoms with van der Waals surface area (Å²) in [5.41, 5.74) is -1.17. The van der Waals surface area contributed by atoms with Gasteiger partial charge in [-0.2, -0.15) is 0 Å². The minimum Gasteiger partial charge on any atom is -0.477 e. The molecule has 7 heteroatoms. The van der Waals surface area contributed by atoms with Gasteiger partial charge in [0.15, 0.2) is 0 Å². The SMILES string of the molecule is CC(=O)NC(C)c1ncc(C(=O)O)c(=O)[nH]1. The first kappa shape index (κ1) is 11.9. The molecule has 1 aromatic rings. The highest BCUT2D eigenvalue weighted by molar-refractivity contribution is 5.86. The monoisotopic (exact) mass is 225 g/mol. The Kier molecular flexibility index (Phi) is 3.39. The minimum atomic E-state index is -1.34. The Morgan fingerprint density at radius 1 is 1.56 bits per heavy atom. The van der Waals surface area contributed by atoms with Gasteiger partial charge in [0.1, 0.15) is 11.4 Å². The lowest BCUT2D eigenvalue weighted by molar-refractivity contribution is -0.119. The summed E-state index contributed by atoms with van der Waals surface area (Å²) < 4.78 is 0. The van der Waals surface area contributed by atoms with E-state index in [4.69, 9.17) is 5.11 Å². The van der Waals surface area contributed by atoms with Gasteiger partial charge < -0.3 is 15.4 Å². The Labute approximate surface area is 90.5 Å². The quantitative estimate of drug-likeness (QED) is 0.651. The number of carboxylic acid groups (broad SMARTS) is 1. The third kappa shape index (κ3) is 2.66. The van der Waals surface area contributed by atoms with E-state index in [1.807, 2.05) is 0 Å². The second-order valence-electron chi connectivity index (χ2n) is 3.24. The average molecular weight is 225 g/mol. The summed E-state index contributed by atoms with van der Waals surface area (Å²) in [6, 6.07) is -0.479. The molecule has 0 radical (unpaired) electrons. The van der Waals surface area contributed by atoms with Crippen molar-refractivity contribution < 1.29 is 14.7 Å². The lowest BCUT2D eigenvalue weighted by Crippen LogP contribution is -2.28. The number of aromatic nitrogens is 2. The number of aromatic amines is 1. The van der Waals surface area contributed by atoms with Gasteiger partial charge in [-0.1, -0.05) is 0 Å². The third-order valence-corrected chi connectivity index (χ3v) is 1.88. The van der Waals surface area contributed by atoms with Gasteiger partial charge in [-0.25, -0.2) is 9.78 Å². The number of rotatable bonds is 3. The standard InChI is InChI=1S/C9H11N3O4/c1-4(11-5(2)13)7-10-3-6(9(15)16)8(14)12-7/h3-4H,1-2H3,(H,11,13)(H,15,16)(H,10,12,14). The second kappa shape index (κ2) is 4.56. The molecule has 0 bridgehead atoms. The second-order valence-corrected chi connectivity index (χ2v) is 3.24. The van der Waals surface area contributed by atoms with E-state index in [0.29, 0.717) is 0 Å². The van der Waals surface area contributed by atoms with E-state index in [-0.39, 0.29) is 11.7 Å². The number of carbonyl (C=O) groups is 2. The van der Waals surface area contributed by atoms with Gasteiger partial charge in [0.25, 0.3) is 5.56 Å². The number of nitrogens with zero attached hydrogens (tertiary/aromatic N) is 1. The zero-order valence-electron chi connectivity index (χ0n) is 8.77. The van der Waals surface area contributed by atoms with Crippen LogP contribution in [0.25, 0.3) is 0 Å². The molecule has 1 rings (SSSR count). The molecule has 1 atom stereocenters. The summed E-state index contributed by atoms with van der Waals surface area (Å²) in [7, 11) is 0. The van der Waals surface area contributed by atoms with Crippen LogP contribution in [0.1, 0.15) is 36.1 Å². The summed E-state index contributed by atoms with van der Waals surface area (Å²) in [5, 5.41) is 11.1. The number of carbonyl (C=O) groups excluding carboxylic acids is 1. The van der Waals surface area contributed by atoms with Crippen LogP contribution in [0.15, 0.2) is 11.0 Å². The fourth-order valence-electron chi connectivity index (χ4n) is 1.15. The van der Waals surface area contributed by atoms with E-state index in [1.54, 1.807) is 6.92 Å². The predicted molar refractivity (Wildman–Crippen MR) is 54.0 cm³/mol. The Hall–Kier alpha value is -2.18. The lowest BCUT2D eigenvalue weighted by Gasteiger charge is -2.10. The van der Waals surface area contributed by atoms with Crippen molar-refractivity contribution in [3.63, 3.8) is 0 Å². The highest BCUT2D eigenvalue weighted by Gasteiger charge is 2.13. The summed E-state index contributed by atoms with van der Waals surface area (Å²) >= 11 is 0. The molecular formula is C9H11N3O4. The smallest absolute Gasteiger partial charge is 0.342 e. The van der Waals surface area contributed by atoms with Crippen LogP contribution in [-0.2, 0) is 4.79 Å². The average Bonchev–Trinajstić information content (AvgIpc) is 2.15. The van der Waals surface area contributed by atoms with E-state index < -0.39 is 23.1 Å². The Bertz CT molecular complexity index is 480. The summed E-state index contributed by atoms with van der Waals surface area (Å²) in [6.07, 6.45) is 0.967. The first-order valence-corrected chi connectivity index (χ1v) is 4.51. The van der Waals surface area contributed by atoms with Crippen LogP contribution in [0.4, 0.5) is 0 Å². The van der Waals surface area contributed by atoms with Crippen LogP contribution < -0.4 is 10.9 Å². The highest BCUT2D eigenvalue weighted by Crippen LogP contribution is 2.03. The molecule has 0 aliphatic carbocycles. The van der Waals surface area contributed by atoms with Gasteiger partial charge in [-0.3, -0.25) is 9.59 Å². The number of hydrogen-bond donors (Lipinski definition) is 3. The molecule has 1 unspecified atom stereocenters. The molecule has 1 aromatic heterocycles. The molecule has 0 aliphatic heterocycles. The molecule has 0 saturated heterocycles. The van der Waals surface area contributed by atoms with E-state index in [9.17, 15) is 14.4 Å². The van der Waals surface area contributed by atoms with Crippen LogP contribution in [0.2, 0.25) is 0 Å². The molecule has 0 aliphatic rings. The van der Waals surface area contributed by atoms with Gasteiger partial charge in [0, 0.05) is 13.1 Å². The number of hydrogen-bond acceptors (Lipinski definition) is 4. The van der Waals surface area contributed by atoms with Crippen molar-refractivity contribution >= 4 is 11.9 Å². The van der Waals surface area contributed by atoms with Crippen molar-refractivity contribution in [2.45, 2.75) is 19.9 Å². The molecule has 0 aromatic carbocycles. The van der Waals surface area contributed by atoms with Crippen LogP contribution in [-0.4, -0.2) is 27.0 Å². The maximum absolute atomic E-state index is 11.3. The summed E-state index contributed by atoms with van der Waals surface area (Å²) in [4.78, 5) is 38.7. The van der Waals surface area contributed by atoms with E-state index in [1.165, 1.54) is 6.92 Å². The number of nitrogens with one attached hydrogen (secondary N) is 2. The lowest BCUT2D eigenvalue weighted by atomic mass is 10.3. The number of aromatic carboxylic acids is 1. The van der Waals surface area contributed by atoms with Crippen LogP contribution in [0.5, 0.6) is 0 Å². The number of carboxylic acids is 1. The summed E-state index contributed by atoms with van der Waals surface area (Å²) in [5.74, 6) is -1.39. The third-order valence-electron chi connectivity index (χ3n) is 1.88. The van der Waals surface area contributed by atoms with Crippen molar-refractivity contribution in [3.8, 4) is 0 Å². The maximum atomic E-state index is 11.3. The van der Waals surface area contributed by atoms with Crippen molar-refractivity contribution in [2.75, 3.05) is 0 Å². The van der Waals surface area contributed by atoms with Gasteiger partial charge in [0.2, 0.25) is 5.91 Å². The van der Waals surface area contributed by atoms with Crippen molar-refractivity contribution in [1.29, 1.82) is 0 Å². The predicted octanol–water partition coefficient (Wildman–Crippen LogP) is -0.335. The van der Waals surface area contributed by atoms with Gasteiger partial charge in [-0.05, 0) is 6.92 Å². The molecule has 16 heavy (non-hydrogen) atoms. The van der Waals surface area contributed by atoms with Crippen molar-refractivity contribution in [1.82, 2.24) is 15.3 Å². The molecule has 1 amide bonds. The fraction of sp³-hybridized carbons (Fsp3) is 0.333. The molecule has 7 nitrogen and oxygen atoms in total. The van der Waals surface area contributed by atoms with Crippen LogP contribution >= 0.6 is 0 Å². The zero-order chi connectivity index (χ0) is 12.3.